The van der Waals surface area contributed by atoms with Crippen LogP contribution in [0.2, 0.25) is 0 Å². The Morgan fingerprint density at radius 3 is 2.17 bits per heavy atom. The summed E-state index contributed by atoms with van der Waals surface area (Å²) in [5.74, 6) is 0. The number of benzene rings is 1. The molecule has 0 bridgehead atoms. The van der Waals surface area contributed by atoms with E-state index < -0.39 is 9.84 Å². The van der Waals surface area contributed by atoms with Crippen molar-refractivity contribution in [2.45, 2.75) is 54.2 Å². The standard InChI is InChI=1S/C14H19NO2S/c1-10(15)14(8-9-14)11-2-4-12(5-3-11)18(16,17)13-6-7-13/h2-5,10,13H,6-9,15H2,1H3. The maximum atomic E-state index is 12.1. The molecule has 98 valence electrons. The lowest BCUT2D eigenvalue weighted by molar-refractivity contribution is 0.556. The van der Waals surface area contributed by atoms with Crippen LogP contribution < -0.4 is 5.73 Å². The molecule has 3 nitrogen and oxygen atoms in total. The normalized spacial score (nSPS) is 23.7. The molecule has 4 heteroatoms. The lowest BCUT2D eigenvalue weighted by Gasteiger charge is -2.20. The summed E-state index contributed by atoms with van der Waals surface area (Å²) in [7, 11) is -3.06. The number of rotatable bonds is 4. The van der Waals surface area contributed by atoms with Gasteiger partial charge in [-0.3, -0.25) is 0 Å². The first-order chi connectivity index (χ1) is 8.47. The Kier molecular flexibility index (Phi) is 2.58. The van der Waals surface area contributed by atoms with E-state index in [0.717, 1.165) is 25.7 Å². The molecule has 1 atom stereocenters. The summed E-state index contributed by atoms with van der Waals surface area (Å²) in [6, 6.07) is 7.54. The molecule has 0 aliphatic heterocycles. The smallest absolute Gasteiger partial charge is 0.181 e. The fraction of sp³-hybridized carbons (Fsp3) is 0.571. The summed E-state index contributed by atoms with van der Waals surface area (Å²) in [5.41, 5.74) is 7.31. The van der Waals surface area contributed by atoms with Crippen molar-refractivity contribution in [3.05, 3.63) is 29.8 Å². The zero-order valence-electron chi connectivity index (χ0n) is 10.6. The molecule has 0 aromatic heterocycles. The number of hydrogen-bond donors (Lipinski definition) is 1. The number of nitrogens with two attached hydrogens (primary N) is 1. The predicted octanol–water partition coefficient (Wildman–Crippen LogP) is 2.00. The van der Waals surface area contributed by atoms with Crippen LogP contribution in [0.3, 0.4) is 0 Å². The Morgan fingerprint density at radius 1 is 1.22 bits per heavy atom. The highest BCUT2D eigenvalue weighted by molar-refractivity contribution is 7.92. The second-order valence-electron chi connectivity index (χ2n) is 5.71. The van der Waals surface area contributed by atoms with Gasteiger partial charge in [-0.25, -0.2) is 8.42 Å². The minimum absolute atomic E-state index is 0.0991. The molecule has 2 saturated carbocycles. The van der Waals surface area contributed by atoms with Gasteiger partial charge in [-0.2, -0.15) is 0 Å². The summed E-state index contributed by atoms with van der Waals surface area (Å²) in [5, 5.41) is -0.133. The van der Waals surface area contributed by atoms with Gasteiger partial charge in [0, 0.05) is 11.5 Å². The Morgan fingerprint density at radius 2 is 1.78 bits per heavy atom. The second-order valence-corrected chi connectivity index (χ2v) is 7.94. The third kappa shape index (κ3) is 1.79. The quantitative estimate of drug-likeness (QED) is 0.905. The van der Waals surface area contributed by atoms with Crippen molar-refractivity contribution in [2.24, 2.45) is 5.73 Å². The Bertz CT molecular complexity index is 552. The minimum Gasteiger partial charge on any atom is -0.327 e. The first-order valence-electron chi connectivity index (χ1n) is 6.57. The lowest BCUT2D eigenvalue weighted by atomic mass is 9.90. The van der Waals surface area contributed by atoms with Gasteiger partial charge in [-0.15, -0.1) is 0 Å². The van der Waals surface area contributed by atoms with Gasteiger partial charge in [0.1, 0.15) is 0 Å². The zero-order chi connectivity index (χ0) is 13.0. The van der Waals surface area contributed by atoms with Gasteiger partial charge in [0.2, 0.25) is 0 Å². The van der Waals surface area contributed by atoms with Crippen LogP contribution in [0.4, 0.5) is 0 Å². The van der Waals surface area contributed by atoms with Gasteiger partial charge in [0.05, 0.1) is 10.1 Å². The van der Waals surface area contributed by atoms with Crippen LogP contribution in [0.5, 0.6) is 0 Å². The van der Waals surface area contributed by atoms with E-state index in [9.17, 15) is 8.42 Å². The zero-order valence-corrected chi connectivity index (χ0v) is 11.4. The average Bonchev–Trinajstić information content (AvgIpc) is 3.19. The van der Waals surface area contributed by atoms with Crippen LogP contribution >= 0.6 is 0 Å². The summed E-state index contributed by atoms with van der Waals surface area (Å²) >= 11 is 0. The Balaban J connectivity index is 1.90. The molecule has 2 fully saturated rings. The van der Waals surface area contributed by atoms with Crippen molar-refractivity contribution in [1.29, 1.82) is 0 Å². The fourth-order valence-electron chi connectivity index (χ4n) is 2.69. The van der Waals surface area contributed by atoms with E-state index in [1.54, 1.807) is 12.1 Å². The molecule has 0 radical (unpaired) electrons. The van der Waals surface area contributed by atoms with Crippen molar-refractivity contribution in [3.63, 3.8) is 0 Å². The van der Waals surface area contributed by atoms with E-state index in [-0.39, 0.29) is 16.7 Å². The highest BCUT2D eigenvalue weighted by atomic mass is 32.2. The Hall–Kier alpha value is -0.870. The first kappa shape index (κ1) is 12.2. The molecule has 2 aliphatic carbocycles. The third-order valence-corrected chi connectivity index (χ3v) is 6.66. The molecular formula is C14H19NO2S. The van der Waals surface area contributed by atoms with Crippen LogP contribution in [0.25, 0.3) is 0 Å². The topological polar surface area (TPSA) is 60.2 Å². The first-order valence-corrected chi connectivity index (χ1v) is 8.11. The van der Waals surface area contributed by atoms with E-state index in [1.807, 2.05) is 19.1 Å². The molecule has 2 aliphatic rings. The molecule has 1 aromatic rings. The summed E-state index contributed by atoms with van der Waals surface area (Å²) in [6.07, 6.45) is 3.85. The van der Waals surface area contributed by atoms with Gasteiger partial charge in [0.15, 0.2) is 9.84 Å². The van der Waals surface area contributed by atoms with E-state index in [2.05, 4.69) is 0 Å². The monoisotopic (exact) mass is 265 g/mol. The number of sulfone groups is 1. The van der Waals surface area contributed by atoms with Gasteiger partial charge < -0.3 is 5.73 Å². The molecule has 1 unspecified atom stereocenters. The van der Waals surface area contributed by atoms with Crippen LogP contribution in [0.1, 0.15) is 38.2 Å². The van der Waals surface area contributed by atoms with E-state index in [1.165, 1.54) is 5.56 Å². The van der Waals surface area contributed by atoms with Crippen LogP contribution in [0, 0.1) is 0 Å². The molecule has 3 rings (SSSR count). The van der Waals surface area contributed by atoms with Crippen molar-refractivity contribution in [2.75, 3.05) is 0 Å². The van der Waals surface area contributed by atoms with Gasteiger partial charge in [-0.05, 0) is 50.3 Å². The Labute approximate surface area is 108 Å². The molecule has 0 spiro atoms. The largest absolute Gasteiger partial charge is 0.327 e. The van der Waals surface area contributed by atoms with Crippen LogP contribution in [0.15, 0.2) is 29.2 Å². The van der Waals surface area contributed by atoms with Gasteiger partial charge >= 0.3 is 0 Å². The maximum absolute atomic E-state index is 12.1. The van der Waals surface area contributed by atoms with Gasteiger partial charge in [0.25, 0.3) is 0 Å². The summed E-state index contributed by atoms with van der Waals surface area (Å²) in [4.78, 5) is 0.467. The van der Waals surface area contributed by atoms with E-state index in [0.29, 0.717) is 4.90 Å². The van der Waals surface area contributed by atoms with Crippen LogP contribution in [-0.2, 0) is 15.3 Å². The van der Waals surface area contributed by atoms with Crippen molar-refractivity contribution >= 4 is 9.84 Å². The van der Waals surface area contributed by atoms with E-state index >= 15 is 0 Å². The fourth-order valence-corrected chi connectivity index (χ4v) is 4.35. The molecule has 2 N–H and O–H groups in total. The second kappa shape index (κ2) is 3.81. The maximum Gasteiger partial charge on any atom is 0.181 e. The summed E-state index contributed by atoms with van der Waals surface area (Å²) in [6.45, 7) is 2.03. The van der Waals surface area contributed by atoms with Crippen LogP contribution in [-0.4, -0.2) is 19.7 Å². The van der Waals surface area contributed by atoms with Crippen molar-refractivity contribution in [1.82, 2.24) is 0 Å². The molecule has 1 aromatic carbocycles. The third-order valence-electron chi connectivity index (χ3n) is 4.38. The predicted molar refractivity (Wildman–Crippen MR) is 71.2 cm³/mol. The number of hydrogen-bond acceptors (Lipinski definition) is 3. The molecule has 0 amide bonds. The molecular weight excluding hydrogens is 246 g/mol. The highest BCUT2D eigenvalue weighted by Crippen LogP contribution is 2.50. The van der Waals surface area contributed by atoms with E-state index in [4.69, 9.17) is 5.73 Å². The molecule has 0 heterocycles. The van der Waals surface area contributed by atoms with Gasteiger partial charge in [-0.1, -0.05) is 12.1 Å². The lowest BCUT2D eigenvalue weighted by Crippen LogP contribution is -2.31. The average molecular weight is 265 g/mol. The van der Waals surface area contributed by atoms with Crippen molar-refractivity contribution in [3.8, 4) is 0 Å². The minimum atomic E-state index is -3.06. The highest BCUT2D eigenvalue weighted by Gasteiger charge is 2.47. The molecule has 0 saturated heterocycles. The molecule has 18 heavy (non-hydrogen) atoms. The SMILES string of the molecule is CC(N)C1(c2ccc(S(=O)(=O)C3CC3)cc2)CC1. The van der Waals surface area contributed by atoms with Crippen molar-refractivity contribution < 1.29 is 8.42 Å². The summed E-state index contributed by atoms with van der Waals surface area (Å²) < 4.78 is 24.2.